The maximum Gasteiger partial charge on any atom is 0.214 e. The van der Waals surface area contributed by atoms with E-state index in [4.69, 9.17) is 9.94 Å². The number of nitrogens with zero attached hydrogens (tertiary/aromatic N) is 2. The van der Waals surface area contributed by atoms with Crippen molar-refractivity contribution in [2.45, 2.75) is 10.8 Å². The van der Waals surface area contributed by atoms with Crippen LogP contribution in [0.3, 0.4) is 0 Å². The van der Waals surface area contributed by atoms with Crippen molar-refractivity contribution in [2.75, 3.05) is 12.3 Å². The number of rotatable bonds is 5. The maximum atomic E-state index is 11.1. The van der Waals surface area contributed by atoms with E-state index in [-0.39, 0.29) is 10.9 Å². The summed E-state index contributed by atoms with van der Waals surface area (Å²) >= 11 is 1.37. The normalized spacial score (nSPS) is 10.3. The Balaban J connectivity index is 2.18. The van der Waals surface area contributed by atoms with Gasteiger partial charge in [0, 0.05) is 11.8 Å². The molecule has 2 aromatic rings. The SMILES string of the molecule is COc1ccc(N([O-])O)c(SCc2ccccc2)n1. The van der Waals surface area contributed by atoms with E-state index in [1.807, 2.05) is 30.3 Å². The minimum atomic E-state index is -0.181. The molecule has 6 heteroatoms. The Bertz CT molecular complexity index is 535. The molecule has 0 bridgehead atoms. The average Bonchev–Trinajstić information content (AvgIpc) is 2.45. The van der Waals surface area contributed by atoms with Gasteiger partial charge in [0.25, 0.3) is 0 Å². The monoisotopic (exact) mass is 277 g/mol. The Morgan fingerprint density at radius 2 is 2.00 bits per heavy atom. The highest BCUT2D eigenvalue weighted by Crippen LogP contribution is 2.31. The highest BCUT2D eigenvalue weighted by atomic mass is 32.2. The highest BCUT2D eigenvalue weighted by molar-refractivity contribution is 7.98. The van der Waals surface area contributed by atoms with Crippen molar-refractivity contribution in [1.29, 1.82) is 0 Å². The molecule has 0 unspecified atom stereocenters. The molecule has 100 valence electrons. The van der Waals surface area contributed by atoms with Crippen LogP contribution in [0.15, 0.2) is 47.5 Å². The lowest BCUT2D eigenvalue weighted by molar-refractivity contribution is 0.293. The molecule has 0 aliphatic carbocycles. The maximum absolute atomic E-state index is 11.1. The number of benzene rings is 1. The van der Waals surface area contributed by atoms with Gasteiger partial charge in [0.15, 0.2) is 0 Å². The molecule has 1 aromatic carbocycles. The molecule has 1 N–H and O–H groups in total. The second kappa shape index (κ2) is 6.42. The van der Waals surface area contributed by atoms with E-state index in [9.17, 15) is 5.21 Å². The molecule has 0 radical (unpaired) electrons. The van der Waals surface area contributed by atoms with Crippen molar-refractivity contribution in [3.05, 3.63) is 53.2 Å². The van der Waals surface area contributed by atoms with Gasteiger partial charge in [-0.2, -0.15) is 0 Å². The van der Waals surface area contributed by atoms with Crippen molar-refractivity contribution in [2.24, 2.45) is 0 Å². The van der Waals surface area contributed by atoms with Crippen LogP contribution in [-0.4, -0.2) is 17.3 Å². The number of methoxy groups -OCH3 is 1. The fourth-order valence-electron chi connectivity index (χ4n) is 1.51. The number of anilines is 1. The quantitative estimate of drug-likeness (QED) is 0.669. The predicted molar refractivity (Wildman–Crippen MR) is 74.4 cm³/mol. The summed E-state index contributed by atoms with van der Waals surface area (Å²) < 4.78 is 5.01. The highest BCUT2D eigenvalue weighted by Gasteiger charge is 2.08. The molecule has 0 spiro atoms. The second-order valence-corrected chi connectivity index (χ2v) is 4.69. The van der Waals surface area contributed by atoms with E-state index in [0.29, 0.717) is 16.7 Å². The first-order chi connectivity index (χ1) is 9.20. The Hall–Kier alpha value is -1.76. The zero-order valence-corrected chi connectivity index (χ0v) is 11.1. The van der Waals surface area contributed by atoms with Gasteiger partial charge in [-0.1, -0.05) is 42.1 Å². The zero-order valence-electron chi connectivity index (χ0n) is 10.3. The second-order valence-electron chi connectivity index (χ2n) is 3.73. The molecule has 5 nitrogen and oxygen atoms in total. The van der Waals surface area contributed by atoms with Gasteiger partial charge in [-0.05, 0) is 11.6 Å². The molecule has 0 amide bonds. The van der Waals surface area contributed by atoms with E-state index in [1.165, 1.54) is 31.0 Å². The molecule has 1 aromatic heterocycles. The van der Waals surface area contributed by atoms with E-state index in [1.54, 1.807) is 0 Å². The predicted octanol–water partition coefficient (Wildman–Crippen LogP) is 3.08. The van der Waals surface area contributed by atoms with Gasteiger partial charge in [-0.15, -0.1) is 0 Å². The Labute approximate surface area is 115 Å². The van der Waals surface area contributed by atoms with E-state index in [2.05, 4.69) is 4.98 Å². The van der Waals surface area contributed by atoms with E-state index < -0.39 is 0 Å². The molecule has 0 aliphatic rings. The van der Waals surface area contributed by atoms with Crippen molar-refractivity contribution in [3.63, 3.8) is 0 Å². The molecular formula is C13H13N2O3S-. The van der Waals surface area contributed by atoms with Crippen molar-refractivity contribution >= 4 is 17.4 Å². The number of aromatic nitrogens is 1. The van der Waals surface area contributed by atoms with Crippen molar-refractivity contribution in [3.8, 4) is 5.88 Å². The zero-order chi connectivity index (χ0) is 13.7. The van der Waals surface area contributed by atoms with Gasteiger partial charge in [0.05, 0.1) is 12.8 Å². The van der Waals surface area contributed by atoms with Gasteiger partial charge in [-0.3, -0.25) is 5.21 Å². The van der Waals surface area contributed by atoms with Crippen LogP contribution in [0.2, 0.25) is 0 Å². The number of pyridine rings is 1. The lowest BCUT2D eigenvalue weighted by atomic mass is 10.2. The third-order valence-corrected chi connectivity index (χ3v) is 3.50. The molecule has 0 saturated heterocycles. The van der Waals surface area contributed by atoms with Crippen LogP contribution in [0.4, 0.5) is 5.69 Å². The Kier molecular flexibility index (Phi) is 4.62. The largest absolute Gasteiger partial charge is 0.733 e. The van der Waals surface area contributed by atoms with Crippen LogP contribution in [0.5, 0.6) is 5.88 Å². The van der Waals surface area contributed by atoms with E-state index in [0.717, 1.165) is 5.56 Å². The lowest BCUT2D eigenvalue weighted by Gasteiger charge is -2.23. The average molecular weight is 277 g/mol. The third-order valence-electron chi connectivity index (χ3n) is 2.45. The van der Waals surface area contributed by atoms with Crippen LogP contribution in [-0.2, 0) is 5.75 Å². The summed E-state index contributed by atoms with van der Waals surface area (Å²) in [6.45, 7) is 0. The van der Waals surface area contributed by atoms with Crippen LogP contribution in [0.1, 0.15) is 5.56 Å². The summed E-state index contributed by atoms with van der Waals surface area (Å²) in [7, 11) is 1.50. The molecule has 0 saturated carbocycles. The lowest BCUT2D eigenvalue weighted by Crippen LogP contribution is -2.09. The molecule has 0 atom stereocenters. The topological polar surface area (TPSA) is 68.7 Å². The summed E-state index contributed by atoms with van der Waals surface area (Å²) in [6, 6.07) is 12.8. The molecule has 1 heterocycles. The summed E-state index contributed by atoms with van der Waals surface area (Å²) in [6.07, 6.45) is 0. The fourth-order valence-corrected chi connectivity index (χ4v) is 2.45. The van der Waals surface area contributed by atoms with Crippen LogP contribution in [0, 0.1) is 5.21 Å². The summed E-state index contributed by atoms with van der Waals surface area (Å²) in [4.78, 5) is 4.17. The molecule has 0 fully saturated rings. The minimum Gasteiger partial charge on any atom is -0.733 e. The standard InChI is InChI=1S/C13H13N2O3S/c1-18-12-8-7-11(15(16)17)13(14-12)19-9-10-5-3-2-4-6-10/h2-8,16H,9H2,1H3/q-1. The van der Waals surface area contributed by atoms with Gasteiger partial charge in [0.1, 0.15) is 5.03 Å². The molecule has 0 aliphatic heterocycles. The van der Waals surface area contributed by atoms with Crippen LogP contribution >= 0.6 is 11.8 Å². The Morgan fingerprint density at radius 1 is 1.26 bits per heavy atom. The van der Waals surface area contributed by atoms with Gasteiger partial charge < -0.3 is 15.2 Å². The van der Waals surface area contributed by atoms with Gasteiger partial charge in [-0.25, -0.2) is 4.98 Å². The fraction of sp³-hybridized carbons (Fsp3) is 0.154. The first-order valence-electron chi connectivity index (χ1n) is 5.58. The smallest absolute Gasteiger partial charge is 0.214 e. The van der Waals surface area contributed by atoms with Crippen LogP contribution < -0.4 is 9.96 Å². The molecule has 19 heavy (non-hydrogen) atoms. The first kappa shape index (κ1) is 13.7. The third kappa shape index (κ3) is 3.60. The van der Waals surface area contributed by atoms with Crippen molar-refractivity contribution < 1.29 is 9.94 Å². The number of hydrogen-bond acceptors (Lipinski definition) is 6. The summed E-state index contributed by atoms with van der Waals surface area (Å²) in [5.41, 5.74) is 1.22. The van der Waals surface area contributed by atoms with Gasteiger partial charge in [0.2, 0.25) is 5.88 Å². The molecular weight excluding hydrogens is 264 g/mol. The number of ether oxygens (including phenoxy) is 1. The summed E-state index contributed by atoms with van der Waals surface area (Å²) in [5.74, 6) is 1.06. The van der Waals surface area contributed by atoms with Gasteiger partial charge >= 0.3 is 0 Å². The van der Waals surface area contributed by atoms with Crippen LogP contribution in [0.25, 0.3) is 0 Å². The van der Waals surface area contributed by atoms with Crippen molar-refractivity contribution in [1.82, 2.24) is 4.98 Å². The summed E-state index contributed by atoms with van der Waals surface area (Å²) in [5, 5.41) is 20.4. The molecule has 2 rings (SSSR count). The number of hydrogen-bond donors (Lipinski definition) is 1. The minimum absolute atomic E-state index is 0.113. The first-order valence-corrected chi connectivity index (χ1v) is 6.57. The van der Waals surface area contributed by atoms with E-state index >= 15 is 0 Å². The number of thioether (sulfide) groups is 1. The Morgan fingerprint density at radius 3 is 2.63 bits per heavy atom.